The molecule has 1 nitrogen and oxygen atoms in total. The zero-order chi connectivity index (χ0) is 36.7. The van der Waals surface area contributed by atoms with Crippen LogP contribution in [0.2, 0.25) is 0 Å². The molecule has 0 saturated heterocycles. The van der Waals surface area contributed by atoms with Crippen LogP contribution in [-0.2, 0) is 0 Å². The zero-order valence-electron chi connectivity index (χ0n) is 30.7. The molecule has 0 aliphatic heterocycles. The van der Waals surface area contributed by atoms with Gasteiger partial charge in [-0.05, 0) is 119 Å². The maximum Gasteiger partial charge on any atom is 0.0547 e. The molecule has 10 aromatic carbocycles. The molecule has 1 aromatic heterocycles. The van der Waals surface area contributed by atoms with E-state index in [1.54, 1.807) is 0 Å². The molecule has 0 spiro atoms. The zero-order valence-corrected chi connectivity index (χ0v) is 30.7. The first kappa shape index (κ1) is 31.2. The van der Waals surface area contributed by atoms with Crippen molar-refractivity contribution < 1.29 is 0 Å². The summed E-state index contributed by atoms with van der Waals surface area (Å²) in [6.07, 6.45) is 0. The van der Waals surface area contributed by atoms with E-state index >= 15 is 0 Å². The highest BCUT2D eigenvalue weighted by Gasteiger charge is 2.30. The first-order valence-corrected chi connectivity index (χ1v) is 19.5. The molecule has 0 bridgehead atoms. The van der Waals surface area contributed by atoms with Gasteiger partial charge in [-0.15, -0.1) is 0 Å². The summed E-state index contributed by atoms with van der Waals surface area (Å²) < 4.78 is 2.40. The number of fused-ring (bicyclic) bond motifs is 11. The smallest absolute Gasteiger partial charge is 0.0547 e. The molecule has 260 valence electrons. The second kappa shape index (κ2) is 12.1. The Morgan fingerprint density at radius 3 is 1.88 bits per heavy atom. The number of nitrogens with zero attached hydrogens (tertiary/aromatic N) is 1. The number of hydrogen-bond donors (Lipinski definition) is 0. The van der Waals surface area contributed by atoms with E-state index in [9.17, 15) is 0 Å². The molecule has 1 aliphatic rings. The van der Waals surface area contributed by atoms with E-state index in [-0.39, 0.29) is 5.92 Å². The van der Waals surface area contributed by atoms with Gasteiger partial charge in [0.15, 0.2) is 0 Å². The lowest BCUT2D eigenvalue weighted by molar-refractivity contribution is 1.02. The molecule has 1 unspecified atom stereocenters. The maximum atomic E-state index is 2.44. The quantitative estimate of drug-likeness (QED) is 0.160. The van der Waals surface area contributed by atoms with E-state index in [2.05, 4.69) is 211 Å². The van der Waals surface area contributed by atoms with Gasteiger partial charge in [0, 0.05) is 22.4 Å². The van der Waals surface area contributed by atoms with Crippen LogP contribution < -0.4 is 0 Å². The Balaban J connectivity index is 1.00. The van der Waals surface area contributed by atoms with Crippen LogP contribution in [0.1, 0.15) is 22.6 Å². The topological polar surface area (TPSA) is 4.93 Å². The van der Waals surface area contributed by atoms with E-state index < -0.39 is 0 Å². The average molecular weight is 710 g/mol. The third kappa shape index (κ3) is 4.61. The number of benzene rings is 10. The van der Waals surface area contributed by atoms with Crippen LogP contribution >= 0.6 is 0 Å². The lowest BCUT2D eigenvalue weighted by Gasteiger charge is -2.18. The van der Waals surface area contributed by atoms with Gasteiger partial charge in [0.2, 0.25) is 0 Å². The molecular formula is C55H35N. The van der Waals surface area contributed by atoms with Crippen LogP contribution in [0.25, 0.3) is 93.2 Å². The van der Waals surface area contributed by atoms with Crippen LogP contribution in [0, 0.1) is 0 Å². The van der Waals surface area contributed by atoms with E-state index in [0.29, 0.717) is 0 Å². The molecule has 12 rings (SSSR count). The third-order valence-corrected chi connectivity index (χ3v) is 12.2. The highest BCUT2D eigenvalue weighted by Crippen LogP contribution is 2.50. The Kier molecular flexibility index (Phi) is 6.76. The van der Waals surface area contributed by atoms with E-state index in [1.165, 1.54) is 110 Å². The molecule has 0 fully saturated rings. The predicted molar refractivity (Wildman–Crippen MR) is 237 cm³/mol. The summed E-state index contributed by atoms with van der Waals surface area (Å²) in [5, 5.41) is 10.3. The average Bonchev–Trinajstić information content (AvgIpc) is 3.78. The lowest BCUT2D eigenvalue weighted by Crippen LogP contribution is -1.99. The molecule has 0 N–H and O–H groups in total. The largest absolute Gasteiger partial charge is 0.309 e. The van der Waals surface area contributed by atoms with Crippen molar-refractivity contribution in [2.75, 3.05) is 0 Å². The molecule has 0 radical (unpaired) electrons. The molecule has 11 aromatic rings. The molecule has 1 aliphatic carbocycles. The summed E-state index contributed by atoms with van der Waals surface area (Å²) in [4.78, 5) is 0. The maximum absolute atomic E-state index is 2.44. The first-order valence-electron chi connectivity index (χ1n) is 19.5. The van der Waals surface area contributed by atoms with Crippen LogP contribution in [0.3, 0.4) is 0 Å². The van der Waals surface area contributed by atoms with Crippen molar-refractivity contribution in [2.45, 2.75) is 5.92 Å². The van der Waals surface area contributed by atoms with Crippen molar-refractivity contribution in [3.8, 4) is 39.1 Å². The Labute approximate surface area is 325 Å². The van der Waals surface area contributed by atoms with Gasteiger partial charge >= 0.3 is 0 Å². The number of aromatic nitrogens is 1. The van der Waals surface area contributed by atoms with Gasteiger partial charge in [-0.2, -0.15) is 0 Å². The fourth-order valence-corrected chi connectivity index (χ4v) is 9.73. The first-order chi connectivity index (χ1) is 27.8. The summed E-state index contributed by atoms with van der Waals surface area (Å²) in [6.45, 7) is 0. The summed E-state index contributed by atoms with van der Waals surface area (Å²) >= 11 is 0. The highest BCUT2D eigenvalue weighted by atomic mass is 15.0. The molecule has 1 atom stereocenters. The fraction of sp³-hybridized carbons (Fsp3) is 0.0182. The van der Waals surface area contributed by atoms with Gasteiger partial charge in [-0.25, -0.2) is 0 Å². The Bertz CT molecular complexity index is 3370. The van der Waals surface area contributed by atoms with Crippen molar-refractivity contribution in [3.05, 3.63) is 223 Å². The van der Waals surface area contributed by atoms with Crippen LogP contribution in [0.15, 0.2) is 206 Å². The Hall–Kier alpha value is -7.22. The summed E-state index contributed by atoms with van der Waals surface area (Å²) in [7, 11) is 0. The van der Waals surface area contributed by atoms with Gasteiger partial charge in [0.05, 0.1) is 11.0 Å². The normalized spacial score (nSPS) is 13.5. The van der Waals surface area contributed by atoms with Crippen molar-refractivity contribution in [2.24, 2.45) is 0 Å². The Morgan fingerprint density at radius 1 is 0.304 bits per heavy atom. The lowest BCUT2D eigenvalue weighted by atomic mass is 9.86. The van der Waals surface area contributed by atoms with E-state index in [0.717, 1.165) is 0 Å². The SMILES string of the molecule is c1ccc(-n2c3ccccc3c3ccc(-c4ccc5c(c4)-c4ccccc4C5c4cccc(-c5cc6c7ccccc7ccc6c6ccccc56)c4)cc32)cc1. The second-order valence-corrected chi connectivity index (χ2v) is 15.2. The molecule has 1 heterocycles. The van der Waals surface area contributed by atoms with Crippen LogP contribution in [0.5, 0.6) is 0 Å². The number of para-hydroxylation sites is 2. The van der Waals surface area contributed by atoms with Crippen molar-refractivity contribution in [1.29, 1.82) is 0 Å². The minimum atomic E-state index is 0.144. The number of hydrogen-bond acceptors (Lipinski definition) is 0. The summed E-state index contributed by atoms with van der Waals surface area (Å²) in [5.74, 6) is 0.144. The van der Waals surface area contributed by atoms with Gasteiger partial charge in [-0.3, -0.25) is 0 Å². The van der Waals surface area contributed by atoms with E-state index in [4.69, 9.17) is 0 Å². The van der Waals surface area contributed by atoms with Crippen molar-refractivity contribution in [3.63, 3.8) is 0 Å². The van der Waals surface area contributed by atoms with Gasteiger partial charge in [0.25, 0.3) is 0 Å². The van der Waals surface area contributed by atoms with Crippen LogP contribution in [-0.4, -0.2) is 4.57 Å². The van der Waals surface area contributed by atoms with Gasteiger partial charge < -0.3 is 4.57 Å². The molecule has 56 heavy (non-hydrogen) atoms. The molecule has 1 heteroatoms. The monoisotopic (exact) mass is 709 g/mol. The predicted octanol–water partition coefficient (Wildman–Crippen LogP) is 14.7. The molecular weight excluding hydrogens is 675 g/mol. The standard InChI is InChI=1S/C55H35N/c1-2-16-40(17-3-1)56-53-24-11-10-22-46(53)47-29-26-37(33-54(47)56)36-27-30-49-51(32-36)44-21-8-9-23-48(44)55(49)39-15-12-14-38(31-39)50-34-52-41-18-5-4-13-35(41)25-28-45(52)42-19-6-7-20-43(42)50/h1-34,55H. The fourth-order valence-electron chi connectivity index (χ4n) is 9.73. The Morgan fingerprint density at radius 2 is 0.964 bits per heavy atom. The third-order valence-electron chi connectivity index (χ3n) is 12.2. The summed E-state index contributed by atoms with van der Waals surface area (Å²) in [5.41, 5.74) is 15.3. The van der Waals surface area contributed by atoms with Crippen molar-refractivity contribution in [1.82, 2.24) is 4.57 Å². The van der Waals surface area contributed by atoms with Crippen LogP contribution in [0.4, 0.5) is 0 Å². The minimum absolute atomic E-state index is 0.144. The minimum Gasteiger partial charge on any atom is -0.309 e. The second-order valence-electron chi connectivity index (χ2n) is 15.2. The van der Waals surface area contributed by atoms with E-state index in [1.807, 2.05) is 0 Å². The highest BCUT2D eigenvalue weighted by molar-refractivity contribution is 6.21. The van der Waals surface area contributed by atoms with Gasteiger partial charge in [-0.1, -0.05) is 170 Å². The van der Waals surface area contributed by atoms with Gasteiger partial charge in [0.1, 0.15) is 0 Å². The summed E-state index contributed by atoms with van der Waals surface area (Å²) in [6, 6.07) is 76.5. The number of rotatable bonds is 4. The van der Waals surface area contributed by atoms with Crippen molar-refractivity contribution >= 4 is 54.1 Å². The molecule has 0 saturated carbocycles. The molecule has 0 amide bonds.